The van der Waals surface area contributed by atoms with Crippen molar-refractivity contribution in [2.45, 2.75) is 47.0 Å². The third-order valence-corrected chi connectivity index (χ3v) is 6.38. The Morgan fingerprint density at radius 3 is 2.36 bits per heavy atom. The smallest absolute Gasteiger partial charge is 0.325 e. The van der Waals surface area contributed by atoms with Crippen LogP contribution in [-0.2, 0) is 16.0 Å². The molecule has 2 aromatic carbocycles. The maximum Gasteiger partial charge on any atom is 0.329 e. The lowest BCUT2D eigenvalue weighted by Gasteiger charge is -2.12. The Hall–Kier alpha value is -4.13. The van der Waals surface area contributed by atoms with Crippen LogP contribution in [0.5, 0.6) is 0 Å². The van der Waals surface area contributed by atoms with Crippen LogP contribution in [0.3, 0.4) is 0 Å². The van der Waals surface area contributed by atoms with Crippen molar-refractivity contribution in [3.05, 3.63) is 88.4 Å². The molecule has 0 saturated carbocycles. The minimum absolute atomic E-state index is 0.151. The van der Waals surface area contributed by atoms with Crippen LogP contribution in [0.4, 0.5) is 10.5 Å². The summed E-state index contributed by atoms with van der Waals surface area (Å²) >= 11 is 0. The summed E-state index contributed by atoms with van der Waals surface area (Å²) < 4.78 is 2.13. The molecule has 3 aromatic rings. The Balaban J connectivity index is 1.49. The quantitative estimate of drug-likeness (QED) is 0.337. The molecule has 4 amide bonds. The van der Waals surface area contributed by atoms with Crippen LogP contribution in [-0.4, -0.2) is 33.9 Å². The topological polar surface area (TPSA) is 83.4 Å². The van der Waals surface area contributed by atoms with Crippen molar-refractivity contribution in [1.29, 1.82) is 0 Å². The fraction of sp³-hybridized carbons (Fsp3) is 0.276. The first kappa shape index (κ1) is 25.0. The van der Waals surface area contributed by atoms with Gasteiger partial charge in [0.1, 0.15) is 12.2 Å². The van der Waals surface area contributed by atoms with E-state index in [0.29, 0.717) is 5.69 Å². The van der Waals surface area contributed by atoms with Crippen LogP contribution in [0, 0.1) is 20.8 Å². The Bertz CT molecular complexity index is 1320. The maximum absolute atomic E-state index is 12.9. The van der Waals surface area contributed by atoms with Crippen molar-refractivity contribution in [3.63, 3.8) is 0 Å². The van der Waals surface area contributed by atoms with E-state index in [1.807, 2.05) is 39.0 Å². The van der Waals surface area contributed by atoms with Gasteiger partial charge in [0.15, 0.2) is 0 Å². The van der Waals surface area contributed by atoms with Crippen molar-refractivity contribution < 1.29 is 14.4 Å². The lowest BCUT2D eigenvalue weighted by atomic mass is 10.1. The molecule has 0 bridgehead atoms. The monoisotopic (exact) mass is 484 g/mol. The third-order valence-electron chi connectivity index (χ3n) is 6.38. The number of nitrogens with zero attached hydrogens (tertiary/aromatic N) is 2. The number of aromatic nitrogens is 1. The molecule has 7 nitrogen and oxygen atoms in total. The number of carbonyl (C=O) groups is 3. The summed E-state index contributed by atoms with van der Waals surface area (Å²) in [6.07, 6.45) is 5.08. The van der Waals surface area contributed by atoms with E-state index in [2.05, 4.69) is 46.4 Å². The molecule has 0 spiro atoms. The van der Waals surface area contributed by atoms with Gasteiger partial charge in [-0.25, -0.2) is 9.69 Å². The highest BCUT2D eigenvalue weighted by Gasteiger charge is 2.35. The predicted molar refractivity (Wildman–Crippen MR) is 142 cm³/mol. The fourth-order valence-electron chi connectivity index (χ4n) is 4.38. The highest BCUT2D eigenvalue weighted by Crippen LogP contribution is 2.24. The molecular weight excluding hydrogens is 452 g/mol. The minimum Gasteiger partial charge on any atom is -0.325 e. The number of amides is 4. The van der Waals surface area contributed by atoms with Crippen molar-refractivity contribution in [2.24, 2.45) is 0 Å². The molecule has 2 heterocycles. The number of nitrogens with one attached hydrogen (secondary N) is 2. The summed E-state index contributed by atoms with van der Waals surface area (Å²) in [4.78, 5) is 38.8. The van der Waals surface area contributed by atoms with E-state index in [1.54, 1.807) is 18.2 Å². The SMILES string of the molecule is CCCCc1ccc(-n2c(C)cc(/C=C3/NC(=O)N(CC(=O)Nc4ccc(C)cc4)C3=O)c2C)cc1. The Morgan fingerprint density at radius 1 is 1.00 bits per heavy atom. The molecule has 0 radical (unpaired) electrons. The van der Waals surface area contributed by atoms with Gasteiger partial charge >= 0.3 is 6.03 Å². The standard InChI is InChI=1S/C29H32N4O3/c1-5-6-7-22-10-14-25(15-11-22)33-20(3)16-23(21(33)4)17-26-28(35)32(29(36)31-26)18-27(34)30-24-12-8-19(2)9-13-24/h8-17H,5-7,18H2,1-4H3,(H,30,34)(H,31,36)/b26-17+. The first-order chi connectivity index (χ1) is 17.3. The number of hydrogen-bond acceptors (Lipinski definition) is 3. The number of unbranched alkanes of at least 4 members (excludes halogenated alkanes) is 1. The predicted octanol–water partition coefficient (Wildman–Crippen LogP) is 5.28. The van der Waals surface area contributed by atoms with E-state index in [0.717, 1.165) is 39.5 Å². The van der Waals surface area contributed by atoms with Gasteiger partial charge in [-0.1, -0.05) is 43.2 Å². The fourth-order valence-corrected chi connectivity index (χ4v) is 4.38. The number of benzene rings is 2. The summed E-state index contributed by atoms with van der Waals surface area (Å²) in [5.74, 6) is -0.965. The van der Waals surface area contributed by atoms with Gasteiger partial charge in [0.05, 0.1) is 0 Å². The van der Waals surface area contributed by atoms with E-state index >= 15 is 0 Å². The number of carbonyl (C=O) groups excluding carboxylic acids is 3. The lowest BCUT2D eigenvalue weighted by molar-refractivity contribution is -0.127. The van der Waals surface area contributed by atoms with Gasteiger partial charge in [-0.3, -0.25) is 9.59 Å². The molecule has 1 fully saturated rings. The van der Waals surface area contributed by atoms with E-state index in [9.17, 15) is 14.4 Å². The zero-order valence-corrected chi connectivity index (χ0v) is 21.2. The summed E-state index contributed by atoms with van der Waals surface area (Å²) in [6, 6.07) is 17.2. The summed E-state index contributed by atoms with van der Waals surface area (Å²) in [6.45, 7) is 7.77. The average Bonchev–Trinajstić information content (AvgIpc) is 3.28. The van der Waals surface area contributed by atoms with Crippen LogP contribution in [0.15, 0.2) is 60.3 Å². The molecule has 0 atom stereocenters. The largest absolute Gasteiger partial charge is 0.329 e. The molecule has 1 aromatic heterocycles. The highest BCUT2D eigenvalue weighted by molar-refractivity contribution is 6.16. The van der Waals surface area contributed by atoms with Crippen molar-refractivity contribution >= 4 is 29.6 Å². The van der Waals surface area contributed by atoms with Crippen molar-refractivity contribution in [1.82, 2.24) is 14.8 Å². The van der Waals surface area contributed by atoms with E-state index in [-0.39, 0.29) is 12.2 Å². The van der Waals surface area contributed by atoms with Gasteiger partial charge in [-0.15, -0.1) is 0 Å². The molecule has 1 aliphatic heterocycles. The van der Waals surface area contributed by atoms with Gasteiger partial charge in [0, 0.05) is 22.8 Å². The third kappa shape index (κ3) is 5.40. The van der Waals surface area contributed by atoms with E-state index in [1.165, 1.54) is 18.4 Å². The normalized spacial score (nSPS) is 14.4. The second-order valence-electron chi connectivity index (χ2n) is 9.23. The highest BCUT2D eigenvalue weighted by atomic mass is 16.2. The summed E-state index contributed by atoms with van der Waals surface area (Å²) in [5.41, 5.74) is 7.00. The molecular formula is C29H32N4O3. The Morgan fingerprint density at radius 2 is 1.69 bits per heavy atom. The van der Waals surface area contributed by atoms with Crippen molar-refractivity contribution in [3.8, 4) is 5.69 Å². The van der Waals surface area contributed by atoms with Crippen LogP contribution in [0.2, 0.25) is 0 Å². The van der Waals surface area contributed by atoms with E-state index in [4.69, 9.17) is 0 Å². The minimum atomic E-state index is -0.609. The Kier molecular flexibility index (Phi) is 7.38. The van der Waals surface area contributed by atoms with Gasteiger partial charge in [-0.2, -0.15) is 0 Å². The molecule has 0 unspecified atom stereocenters. The van der Waals surface area contributed by atoms with Crippen LogP contribution < -0.4 is 10.6 Å². The number of urea groups is 1. The second kappa shape index (κ2) is 10.6. The average molecular weight is 485 g/mol. The molecule has 2 N–H and O–H groups in total. The maximum atomic E-state index is 12.9. The van der Waals surface area contributed by atoms with Gasteiger partial charge in [0.2, 0.25) is 5.91 Å². The molecule has 4 rings (SSSR count). The van der Waals surface area contributed by atoms with Gasteiger partial charge < -0.3 is 15.2 Å². The number of rotatable bonds is 8. The zero-order chi connectivity index (χ0) is 25.8. The van der Waals surface area contributed by atoms with Crippen LogP contribution in [0.1, 0.15) is 47.8 Å². The lowest BCUT2D eigenvalue weighted by Crippen LogP contribution is -2.38. The Labute approximate surface area is 211 Å². The number of imide groups is 1. The molecule has 1 aliphatic rings. The number of anilines is 1. The molecule has 186 valence electrons. The van der Waals surface area contributed by atoms with Crippen LogP contribution in [0.25, 0.3) is 11.8 Å². The van der Waals surface area contributed by atoms with Crippen LogP contribution >= 0.6 is 0 Å². The first-order valence-electron chi connectivity index (χ1n) is 12.3. The molecule has 7 heteroatoms. The first-order valence-corrected chi connectivity index (χ1v) is 12.3. The number of hydrogen-bond donors (Lipinski definition) is 2. The molecule has 1 saturated heterocycles. The molecule has 36 heavy (non-hydrogen) atoms. The zero-order valence-electron chi connectivity index (χ0n) is 21.2. The second-order valence-corrected chi connectivity index (χ2v) is 9.23. The molecule has 0 aliphatic carbocycles. The van der Waals surface area contributed by atoms with Gasteiger partial charge in [-0.05, 0) is 81.1 Å². The summed E-state index contributed by atoms with van der Waals surface area (Å²) in [5, 5.41) is 5.33. The summed E-state index contributed by atoms with van der Waals surface area (Å²) in [7, 11) is 0. The van der Waals surface area contributed by atoms with E-state index < -0.39 is 17.8 Å². The number of aryl methyl sites for hydroxylation is 3. The van der Waals surface area contributed by atoms with Crippen molar-refractivity contribution in [2.75, 3.05) is 11.9 Å². The van der Waals surface area contributed by atoms with Gasteiger partial charge in [0.25, 0.3) is 5.91 Å².